The fraction of sp³-hybridized carbons (Fsp3) is 0.200. The molecule has 33 heavy (non-hydrogen) atoms. The van der Waals surface area contributed by atoms with Gasteiger partial charge in [-0.15, -0.1) is 0 Å². The van der Waals surface area contributed by atoms with E-state index in [9.17, 15) is 4.79 Å². The zero-order valence-corrected chi connectivity index (χ0v) is 19.3. The molecule has 0 bridgehead atoms. The molecule has 2 heterocycles. The number of furan rings is 1. The van der Waals surface area contributed by atoms with Crippen LogP contribution in [0.15, 0.2) is 76.1 Å². The minimum Gasteiger partial charge on any atom is -0.495 e. The van der Waals surface area contributed by atoms with Gasteiger partial charge in [0.1, 0.15) is 17.3 Å². The van der Waals surface area contributed by atoms with Crippen molar-refractivity contribution in [2.45, 2.75) is 20.0 Å². The highest BCUT2D eigenvalue weighted by molar-refractivity contribution is 7.80. The second-order valence-corrected chi connectivity index (χ2v) is 7.76. The minimum absolute atomic E-state index is 0.170. The van der Waals surface area contributed by atoms with E-state index in [1.807, 2.05) is 72.5 Å². The first kappa shape index (κ1) is 22.4. The summed E-state index contributed by atoms with van der Waals surface area (Å²) in [5, 5.41) is 4.56. The number of rotatable bonds is 8. The molecule has 0 amide bonds. The Morgan fingerprint density at radius 1 is 1.12 bits per heavy atom. The Bertz CT molecular complexity index is 1300. The van der Waals surface area contributed by atoms with Gasteiger partial charge in [-0.3, -0.25) is 4.79 Å². The molecule has 0 fully saturated rings. The summed E-state index contributed by atoms with van der Waals surface area (Å²) in [4.78, 5) is 17.7. The Kier molecular flexibility index (Phi) is 6.95. The average Bonchev–Trinajstić information content (AvgIpc) is 3.33. The van der Waals surface area contributed by atoms with Crippen molar-refractivity contribution in [3.05, 3.63) is 88.6 Å². The van der Waals surface area contributed by atoms with Crippen molar-refractivity contribution in [1.82, 2.24) is 9.88 Å². The predicted molar refractivity (Wildman–Crippen MR) is 133 cm³/mol. The number of hydrogen-bond donors (Lipinski definition) is 2. The van der Waals surface area contributed by atoms with Crippen molar-refractivity contribution in [3.63, 3.8) is 0 Å². The lowest BCUT2D eigenvalue weighted by atomic mass is 10.1. The summed E-state index contributed by atoms with van der Waals surface area (Å²) in [6.07, 6.45) is 1.61. The van der Waals surface area contributed by atoms with Crippen LogP contribution in [0.25, 0.3) is 10.9 Å². The first-order valence-electron chi connectivity index (χ1n) is 10.6. The van der Waals surface area contributed by atoms with Crippen LogP contribution in [0, 0.1) is 0 Å². The van der Waals surface area contributed by atoms with E-state index in [2.05, 4.69) is 10.3 Å². The summed E-state index contributed by atoms with van der Waals surface area (Å²) < 4.78 is 16.6. The number of nitrogens with one attached hydrogen (secondary N) is 2. The molecule has 0 unspecified atom stereocenters. The first-order chi connectivity index (χ1) is 16.1. The lowest BCUT2D eigenvalue weighted by Gasteiger charge is -2.25. The lowest BCUT2D eigenvalue weighted by Crippen LogP contribution is -2.35. The molecule has 170 valence electrons. The zero-order valence-electron chi connectivity index (χ0n) is 18.5. The number of thiocarbonyl (C=S) groups is 1. The van der Waals surface area contributed by atoms with Gasteiger partial charge < -0.3 is 29.1 Å². The number of hydrogen-bond acceptors (Lipinski definition) is 5. The molecular weight excluding hydrogens is 438 g/mol. The minimum atomic E-state index is -0.170. The second-order valence-electron chi connectivity index (χ2n) is 7.37. The topological polar surface area (TPSA) is 79.7 Å². The van der Waals surface area contributed by atoms with E-state index >= 15 is 0 Å². The van der Waals surface area contributed by atoms with E-state index in [0.29, 0.717) is 29.6 Å². The van der Waals surface area contributed by atoms with E-state index < -0.39 is 0 Å². The number of fused-ring (bicyclic) bond motifs is 1. The van der Waals surface area contributed by atoms with E-state index in [4.69, 9.17) is 26.1 Å². The third kappa shape index (κ3) is 5.35. The van der Waals surface area contributed by atoms with E-state index in [1.54, 1.807) is 13.4 Å². The lowest BCUT2D eigenvalue weighted by molar-refractivity contribution is 0.340. The van der Waals surface area contributed by atoms with Crippen LogP contribution in [0.1, 0.15) is 18.2 Å². The van der Waals surface area contributed by atoms with E-state index in [-0.39, 0.29) is 12.1 Å². The first-order valence-corrected chi connectivity index (χ1v) is 11.0. The van der Waals surface area contributed by atoms with Gasteiger partial charge in [0.2, 0.25) is 0 Å². The summed E-state index contributed by atoms with van der Waals surface area (Å²) in [7, 11) is 1.61. The summed E-state index contributed by atoms with van der Waals surface area (Å²) in [5.41, 5.74) is 1.89. The van der Waals surface area contributed by atoms with Gasteiger partial charge in [-0.2, -0.15) is 0 Å². The SMILES string of the molecule is CCOc1ccc2[nH]c(=O)c(CN(Cc3ccco3)C(=S)Nc3ccccc3OC)cc2c1. The molecule has 4 aromatic rings. The summed E-state index contributed by atoms with van der Waals surface area (Å²) >= 11 is 5.72. The molecule has 0 aliphatic heterocycles. The maximum absolute atomic E-state index is 12.8. The Hall–Kier alpha value is -3.78. The van der Waals surface area contributed by atoms with Crippen LogP contribution in [0.3, 0.4) is 0 Å². The van der Waals surface area contributed by atoms with Gasteiger partial charge in [0.25, 0.3) is 5.56 Å². The van der Waals surface area contributed by atoms with Crippen LogP contribution >= 0.6 is 12.2 Å². The summed E-state index contributed by atoms with van der Waals surface area (Å²) in [5.74, 6) is 2.16. The number of aromatic nitrogens is 1. The fourth-order valence-electron chi connectivity index (χ4n) is 3.54. The molecule has 2 N–H and O–H groups in total. The van der Waals surface area contributed by atoms with Gasteiger partial charge in [-0.25, -0.2) is 0 Å². The zero-order chi connectivity index (χ0) is 23.2. The van der Waals surface area contributed by atoms with Gasteiger partial charge in [0, 0.05) is 16.5 Å². The largest absolute Gasteiger partial charge is 0.495 e. The maximum atomic E-state index is 12.8. The fourth-order valence-corrected chi connectivity index (χ4v) is 3.78. The quantitative estimate of drug-likeness (QED) is 0.359. The Morgan fingerprint density at radius 2 is 1.97 bits per heavy atom. The van der Waals surface area contributed by atoms with E-state index in [0.717, 1.165) is 28.1 Å². The highest BCUT2D eigenvalue weighted by atomic mass is 32.1. The molecule has 0 spiro atoms. The monoisotopic (exact) mass is 463 g/mol. The molecule has 0 radical (unpaired) electrons. The van der Waals surface area contributed by atoms with Crippen molar-refractivity contribution >= 4 is 33.9 Å². The van der Waals surface area contributed by atoms with Crippen molar-refractivity contribution in [2.24, 2.45) is 0 Å². The number of anilines is 1. The van der Waals surface area contributed by atoms with Crippen LogP contribution in [0.2, 0.25) is 0 Å². The molecule has 2 aromatic carbocycles. The van der Waals surface area contributed by atoms with Crippen LogP contribution in [0.5, 0.6) is 11.5 Å². The van der Waals surface area contributed by atoms with Crippen LogP contribution in [-0.2, 0) is 13.1 Å². The molecule has 0 saturated carbocycles. The highest BCUT2D eigenvalue weighted by Gasteiger charge is 2.17. The molecule has 0 aliphatic rings. The molecule has 0 atom stereocenters. The molecule has 0 aliphatic carbocycles. The normalized spacial score (nSPS) is 10.7. The third-order valence-electron chi connectivity index (χ3n) is 5.13. The second kappa shape index (κ2) is 10.2. The van der Waals surface area contributed by atoms with Crippen molar-refractivity contribution in [3.8, 4) is 11.5 Å². The van der Waals surface area contributed by atoms with Crippen LogP contribution < -0.4 is 20.3 Å². The van der Waals surface area contributed by atoms with Gasteiger partial charge in [0.15, 0.2) is 5.11 Å². The number of nitrogens with zero attached hydrogens (tertiary/aromatic N) is 1. The smallest absolute Gasteiger partial charge is 0.253 e. The molecular formula is C25H25N3O4S. The average molecular weight is 464 g/mol. The number of H-pyrrole nitrogens is 1. The number of methoxy groups -OCH3 is 1. The number of benzene rings is 2. The molecule has 0 saturated heterocycles. The Balaban J connectivity index is 1.64. The van der Waals surface area contributed by atoms with Gasteiger partial charge in [0.05, 0.1) is 38.8 Å². The highest BCUT2D eigenvalue weighted by Crippen LogP contribution is 2.24. The van der Waals surface area contributed by atoms with Crippen LogP contribution in [0.4, 0.5) is 5.69 Å². The number of ether oxygens (including phenoxy) is 2. The van der Waals surface area contributed by atoms with Crippen molar-refractivity contribution in [2.75, 3.05) is 19.0 Å². The van der Waals surface area contributed by atoms with Gasteiger partial charge in [-0.1, -0.05) is 12.1 Å². The van der Waals surface area contributed by atoms with Gasteiger partial charge >= 0.3 is 0 Å². The third-order valence-corrected chi connectivity index (χ3v) is 5.49. The number of pyridine rings is 1. The van der Waals surface area contributed by atoms with Crippen molar-refractivity contribution in [1.29, 1.82) is 0 Å². The molecule has 4 rings (SSSR count). The number of para-hydroxylation sites is 2. The number of aromatic amines is 1. The standard InChI is InChI=1S/C25H25N3O4S/c1-3-31-19-10-11-21-17(14-19)13-18(24(29)26-21)15-28(16-20-7-6-12-32-20)25(33)27-22-8-4-5-9-23(22)30-2/h4-14H,3,15-16H2,1-2H3,(H,26,29)(H,27,33). The van der Waals surface area contributed by atoms with Crippen LogP contribution in [-0.4, -0.2) is 28.7 Å². The maximum Gasteiger partial charge on any atom is 0.253 e. The Labute approximate surface area is 196 Å². The van der Waals surface area contributed by atoms with Crippen molar-refractivity contribution < 1.29 is 13.9 Å². The molecule has 7 nitrogen and oxygen atoms in total. The molecule has 2 aromatic heterocycles. The van der Waals surface area contributed by atoms with Gasteiger partial charge in [-0.05, 0) is 67.7 Å². The summed E-state index contributed by atoms with van der Waals surface area (Å²) in [6.45, 7) is 3.18. The summed E-state index contributed by atoms with van der Waals surface area (Å²) in [6, 6.07) is 18.7. The molecule has 8 heteroatoms. The predicted octanol–water partition coefficient (Wildman–Crippen LogP) is 4.93. The Morgan fingerprint density at radius 3 is 2.73 bits per heavy atom. The van der Waals surface area contributed by atoms with E-state index in [1.165, 1.54) is 0 Å².